The molecule has 0 aliphatic heterocycles. The lowest BCUT2D eigenvalue weighted by Gasteiger charge is -2.22. The van der Waals surface area contributed by atoms with Crippen molar-refractivity contribution in [3.8, 4) is 17.2 Å². The van der Waals surface area contributed by atoms with Crippen molar-refractivity contribution in [2.45, 2.75) is 0 Å². The van der Waals surface area contributed by atoms with E-state index in [9.17, 15) is 12.9 Å². The Hall–Kier alpha value is -1.53. The third-order valence-corrected chi connectivity index (χ3v) is 2.08. The predicted octanol–water partition coefficient (Wildman–Crippen LogP) is 1.77. The zero-order valence-corrected chi connectivity index (χ0v) is 9.09. The Kier molecular flexibility index (Phi) is 3.56. The van der Waals surface area contributed by atoms with Gasteiger partial charge >= 0.3 is 6.98 Å². The average molecular weight is 235 g/mol. The first-order valence-corrected chi connectivity index (χ1v) is 4.44. The summed E-state index contributed by atoms with van der Waals surface area (Å²) in [5, 5.41) is 0. The van der Waals surface area contributed by atoms with Crippen molar-refractivity contribution in [1.82, 2.24) is 0 Å². The van der Waals surface area contributed by atoms with Crippen LogP contribution < -0.4 is 19.7 Å². The summed E-state index contributed by atoms with van der Waals surface area (Å²) in [7, 11) is 3.69. The molecule has 1 rings (SSSR count). The summed E-state index contributed by atoms with van der Waals surface area (Å²) in [6.45, 7) is -5.20. The molecule has 0 heterocycles. The molecule has 0 radical (unpaired) electrons. The van der Waals surface area contributed by atoms with Gasteiger partial charge in [0.25, 0.3) is 0 Å². The van der Waals surface area contributed by atoms with Crippen molar-refractivity contribution in [1.29, 1.82) is 0 Å². The lowest BCUT2D eigenvalue weighted by Crippen LogP contribution is -2.36. The topological polar surface area (TPSA) is 27.7 Å². The second-order valence-corrected chi connectivity index (χ2v) is 3.02. The number of halogens is 3. The Balaban J connectivity index is 3.44. The Bertz CT molecular complexity index is 354. The van der Waals surface area contributed by atoms with E-state index in [-0.39, 0.29) is 17.2 Å². The zero-order chi connectivity index (χ0) is 12.3. The molecule has 7 heteroatoms. The first kappa shape index (κ1) is 12.5. The second kappa shape index (κ2) is 4.55. The van der Waals surface area contributed by atoms with Crippen molar-refractivity contribution in [2.24, 2.45) is 0 Å². The molecule has 0 aliphatic carbocycles. The fourth-order valence-electron chi connectivity index (χ4n) is 1.36. The quantitative estimate of drug-likeness (QED) is 0.744. The maximum absolute atomic E-state index is 12.8. The van der Waals surface area contributed by atoms with E-state index in [4.69, 9.17) is 14.2 Å². The van der Waals surface area contributed by atoms with E-state index in [1.807, 2.05) is 0 Å². The van der Waals surface area contributed by atoms with Crippen molar-refractivity contribution >= 4 is 12.4 Å². The highest BCUT2D eigenvalue weighted by Gasteiger charge is 2.33. The van der Waals surface area contributed by atoms with Gasteiger partial charge in [0.1, 0.15) is 5.75 Å². The zero-order valence-electron chi connectivity index (χ0n) is 9.09. The Morgan fingerprint density at radius 3 is 1.56 bits per heavy atom. The number of hydrogen-bond acceptors (Lipinski definition) is 3. The summed E-state index contributed by atoms with van der Waals surface area (Å²) in [4.78, 5) is 0. The minimum absolute atomic E-state index is 0.248. The number of rotatable bonds is 4. The van der Waals surface area contributed by atoms with Gasteiger partial charge < -0.3 is 27.2 Å². The van der Waals surface area contributed by atoms with Crippen LogP contribution in [0.5, 0.6) is 17.2 Å². The first-order valence-electron chi connectivity index (χ1n) is 4.44. The van der Waals surface area contributed by atoms with Gasteiger partial charge in [-0.1, -0.05) is 0 Å². The van der Waals surface area contributed by atoms with E-state index in [0.29, 0.717) is 0 Å². The normalized spacial score (nSPS) is 11.1. The molecular formula is C9H11BF3O3-. The van der Waals surface area contributed by atoms with Crippen molar-refractivity contribution in [3.63, 3.8) is 0 Å². The van der Waals surface area contributed by atoms with E-state index >= 15 is 0 Å². The number of hydrogen-bond donors (Lipinski definition) is 0. The fraction of sp³-hybridized carbons (Fsp3) is 0.333. The summed E-state index contributed by atoms with van der Waals surface area (Å²) in [6.07, 6.45) is 0. The third-order valence-electron chi connectivity index (χ3n) is 2.08. The van der Waals surface area contributed by atoms with Gasteiger partial charge in [-0.15, -0.1) is 0 Å². The molecule has 1 aromatic carbocycles. The second-order valence-electron chi connectivity index (χ2n) is 3.02. The van der Waals surface area contributed by atoms with Gasteiger partial charge in [0.15, 0.2) is 0 Å². The van der Waals surface area contributed by atoms with Crippen LogP contribution in [0.2, 0.25) is 0 Å². The largest absolute Gasteiger partial charge is 0.516 e. The van der Waals surface area contributed by atoms with Crippen LogP contribution in [0, 0.1) is 0 Å². The molecule has 0 saturated heterocycles. The standard InChI is InChI=1S/C9H11BF3O3/c1-14-6-4-7(15-2)9(10(11,12)13)8(5-6)16-3/h4-5H,1-3H3/q-1. The molecular weight excluding hydrogens is 224 g/mol. The highest BCUT2D eigenvalue weighted by molar-refractivity contribution is 6.75. The molecule has 0 fully saturated rings. The molecule has 0 N–H and O–H groups in total. The molecule has 0 aliphatic rings. The number of benzene rings is 1. The monoisotopic (exact) mass is 235 g/mol. The van der Waals surface area contributed by atoms with E-state index < -0.39 is 12.4 Å². The fourth-order valence-corrected chi connectivity index (χ4v) is 1.36. The lowest BCUT2D eigenvalue weighted by atomic mass is 9.78. The maximum atomic E-state index is 12.8. The van der Waals surface area contributed by atoms with Crippen molar-refractivity contribution < 1.29 is 27.2 Å². The molecule has 0 bridgehead atoms. The average Bonchev–Trinajstić information content (AvgIpc) is 2.25. The van der Waals surface area contributed by atoms with Crippen LogP contribution in [0.4, 0.5) is 12.9 Å². The van der Waals surface area contributed by atoms with Crippen LogP contribution >= 0.6 is 0 Å². The molecule has 90 valence electrons. The SMILES string of the molecule is COc1cc(OC)c([B-](F)(F)F)c(OC)c1. The molecule has 0 saturated carbocycles. The van der Waals surface area contributed by atoms with Gasteiger partial charge in [-0.05, 0) is 5.46 Å². The van der Waals surface area contributed by atoms with Crippen LogP contribution in [0.3, 0.4) is 0 Å². The summed E-state index contributed by atoms with van der Waals surface area (Å²) in [5.74, 6) is -0.357. The Labute approximate surface area is 91.2 Å². The molecule has 16 heavy (non-hydrogen) atoms. The van der Waals surface area contributed by atoms with Gasteiger partial charge in [0, 0.05) is 12.1 Å². The smallest absolute Gasteiger partial charge is 0.499 e. The van der Waals surface area contributed by atoms with E-state index in [1.54, 1.807) is 0 Å². The van der Waals surface area contributed by atoms with Gasteiger partial charge in [-0.2, -0.15) is 0 Å². The van der Waals surface area contributed by atoms with Crippen LogP contribution in [0.1, 0.15) is 0 Å². The van der Waals surface area contributed by atoms with E-state index in [1.165, 1.54) is 33.5 Å². The number of methoxy groups -OCH3 is 3. The number of ether oxygens (including phenoxy) is 3. The first-order chi connectivity index (χ1) is 7.43. The van der Waals surface area contributed by atoms with Gasteiger partial charge in [0.05, 0.1) is 32.8 Å². The summed E-state index contributed by atoms with van der Waals surface area (Å²) < 4.78 is 52.6. The third kappa shape index (κ3) is 2.34. The molecule has 1 aromatic rings. The lowest BCUT2D eigenvalue weighted by molar-refractivity contribution is 0.375. The van der Waals surface area contributed by atoms with Gasteiger partial charge in [-0.3, -0.25) is 0 Å². The van der Waals surface area contributed by atoms with Crippen LogP contribution in [-0.2, 0) is 0 Å². The van der Waals surface area contributed by atoms with Gasteiger partial charge in [0.2, 0.25) is 0 Å². The highest BCUT2D eigenvalue weighted by atomic mass is 19.4. The minimum Gasteiger partial charge on any atom is -0.499 e. The minimum atomic E-state index is -5.20. The van der Waals surface area contributed by atoms with Gasteiger partial charge in [-0.25, -0.2) is 0 Å². The Morgan fingerprint density at radius 2 is 1.31 bits per heavy atom. The summed E-state index contributed by atoms with van der Waals surface area (Å²) in [5.41, 5.74) is -0.884. The molecule has 3 nitrogen and oxygen atoms in total. The van der Waals surface area contributed by atoms with Crippen LogP contribution in [-0.4, -0.2) is 28.3 Å². The van der Waals surface area contributed by atoms with E-state index in [2.05, 4.69) is 0 Å². The Morgan fingerprint density at radius 1 is 0.875 bits per heavy atom. The summed E-state index contributed by atoms with van der Waals surface area (Å²) >= 11 is 0. The molecule has 0 spiro atoms. The molecule has 0 aromatic heterocycles. The summed E-state index contributed by atoms with van der Waals surface area (Å²) in [6, 6.07) is 2.35. The van der Waals surface area contributed by atoms with Crippen LogP contribution in [0.15, 0.2) is 12.1 Å². The van der Waals surface area contributed by atoms with E-state index in [0.717, 1.165) is 0 Å². The van der Waals surface area contributed by atoms with Crippen LogP contribution in [0.25, 0.3) is 0 Å². The van der Waals surface area contributed by atoms with Crippen molar-refractivity contribution in [3.05, 3.63) is 12.1 Å². The predicted molar refractivity (Wildman–Crippen MR) is 54.8 cm³/mol. The molecule has 0 unspecified atom stereocenters. The maximum Gasteiger partial charge on any atom is 0.516 e. The molecule has 0 amide bonds. The highest BCUT2D eigenvalue weighted by Crippen LogP contribution is 2.30. The van der Waals surface area contributed by atoms with Crippen molar-refractivity contribution in [2.75, 3.05) is 21.3 Å². The molecule has 0 atom stereocenters.